The van der Waals surface area contributed by atoms with E-state index >= 15 is 0 Å². The lowest BCUT2D eigenvalue weighted by Crippen LogP contribution is -2.57. The van der Waals surface area contributed by atoms with E-state index in [0.717, 1.165) is 48.4 Å². The molecule has 0 bridgehead atoms. The van der Waals surface area contributed by atoms with E-state index in [4.69, 9.17) is 4.74 Å². The summed E-state index contributed by atoms with van der Waals surface area (Å²) in [4.78, 5) is 18.2. The van der Waals surface area contributed by atoms with Crippen molar-refractivity contribution in [2.75, 3.05) is 26.7 Å². The van der Waals surface area contributed by atoms with Crippen LogP contribution in [0.4, 0.5) is 0 Å². The maximum absolute atomic E-state index is 13.7. The largest absolute Gasteiger partial charge is 0.495 e. The van der Waals surface area contributed by atoms with Gasteiger partial charge in [-0.2, -0.15) is 0 Å². The van der Waals surface area contributed by atoms with Crippen LogP contribution in [-0.2, 0) is 6.54 Å². The minimum absolute atomic E-state index is 0. The number of hydrogen-bond donors (Lipinski definition) is 0. The van der Waals surface area contributed by atoms with Gasteiger partial charge in [0, 0.05) is 43.3 Å². The molecule has 1 aromatic carbocycles. The molecule has 0 N–H and O–H groups in total. The van der Waals surface area contributed by atoms with Crippen molar-refractivity contribution in [1.82, 2.24) is 14.4 Å². The molecule has 172 valence electrons. The minimum Gasteiger partial charge on any atom is -0.495 e. The number of rotatable bonds is 5. The number of likely N-dealkylation sites (N-methyl/N-ethyl adjacent to an activating group) is 1. The standard InChI is InChI=1S/C25H37N3O2.ClH/c1-5-28-18(2)14-27(15-19(28)3)25(29)22-17-26(16-20-10-7-6-8-11-20)24-21(22)12-9-13-23(24)30-4;/h9,12-13,17-20H,5-8,10-11,14-16H2,1-4H3;1H. The second-order valence-electron chi connectivity index (χ2n) is 9.29. The van der Waals surface area contributed by atoms with E-state index in [9.17, 15) is 4.79 Å². The van der Waals surface area contributed by atoms with Gasteiger partial charge in [0.2, 0.25) is 0 Å². The van der Waals surface area contributed by atoms with Gasteiger partial charge < -0.3 is 14.2 Å². The third-order valence-corrected chi connectivity index (χ3v) is 7.25. The number of hydrogen-bond acceptors (Lipinski definition) is 3. The fourth-order valence-corrected chi connectivity index (χ4v) is 5.77. The Bertz CT molecular complexity index is 878. The number of amides is 1. The van der Waals surface area contributed by atoms with Crippen molar-refractivity contribution in [1.29, 1.82) is 0 Å². The molecule has 4 rings (SSSR count). The fourth-order valence-electron chi connectivity index (χ4n) is 5.77. The number of piperazine rings is 1. The van der Waals surface area contributed by atoms with E-state index in [1.165, 1.54) is 32.1 Å². The number of fused-ring (bicyclic) bond motifs is 1. The second-order valence-corrected chi connectivity index (χ2v) is 9.29. The van der Waals surface area contributed by atoms with E-state index in [-0.39, 0.29) is 18.3 Å². The Hall–Kier alpha value is -1.72. The number of benzene rings is 1. The third kappa shape index (κ3) is 4.73. The van der Waals surface area contributed by atoms with Gasteiger partial charge in [0.1, 0.15) is 5.75 Å². The zero-order valence-electron chi connectivity index (χ0n) is 19.5. The Morgan fingerprint density at radius 3 is 2.39 bits per heavy atom. The van der Waals surface area contributed by atoms with E-state index < -0.39 is 0 Å². The predicted octanol–water partition coefficient (Wildman–Crippen LogP) is 5.21. The number of carbonyl (C=O) groups excluding carboxylic acids is 1. The molecule has 0 radical (unpaired) electrons. The summed E-state index contributed by atoms with van der Waals surface area (Å²) in [6.07, 6.45) is 8.68. The molecule has 5 nitrogen and oxygen atoms in total. The summed E-state index contributed by atoms with van der Waals surface area (Å²) in [6, 6.07) is 6.86. The number of halogens is 1. The molecule has 2 heterocycles. The number of para-hydroxylation sites is 1. The van der Waals surface area contributed by atoms with Crippen molar-refractivity contribution in [2.24, 2.45) is 5.92 Å². The highest BCUT2D eigenvalue weighted by atomic mass is 35.5. The zero-order valence-corrected chi connectivity index (χ0v) is 20.3. The van der Waals surface area contributed by atoms with Gasteiger partial charge in [0.25, 0.3) is 5.91 Å². The third-order valence-electron chi connectivity index (χ3n) is 7.25. The Balaban J connectivity index is 0.00000272. The smallest absolute Gasteiger partial charge is 0.256 e. The van der Waals surface area contributed by atoms with Crippen LogP contribution in [0.15, 0.2) is 24.4 Å². The Morgan fingerprint density at radius 2 is 1.77 bits per heavy atom. The first kappa shape index (κ1) is 23.9. The summed E-state index contributed by atoms with van der Waals surface area (Å²) >= 11 is 0. The SMILES string of the molecule is CCN1C(C)CN(C(=O)c2cn(CC3CCCCC3)c3c(OC)cccc23)CC1C.Cl. The van der Waals surface area contributed by atoms with Crippen LogP contribution in [-0.4, -0.2) is 59.1 Å². The Kier molecular flexibility index (Phi) is 7.92. The molecule has 2 unspecified atom stereocenters. The summed E-state index contributed by atoms with van der Waals surface area (Å²) in [6.45, 7) is 10.2. The molecule has 2 aromatic rings. The molecule has 1 saturated carbocycles. The van der Waals surface area contributed by atoms with E-state index in [1.807, 2.05) is 12.1 Å². The van der Waals surface area contributed by atoms with E-state index in [1.54, 1.807) is 7.11 Å². The molecule has 31 heavy (non-hydrogen) atoms. The van der Waals surface area contributed by atoms with Crippen LogP contribution in [0.3, 0.4) is 0 Å². The van der Waals surface area contributed by atoms with Crippen LogP contribution in [0.2, 0.25) is 0 Å². The van der Waals surface area contributed by atoms with E-state index in [0.29, 0.717) is 18.0 Å². The first-order chi connectivity index (χ1) is 14.5. The zero-order chi connectivity index (χ0) is 21.3. The molecule has 2 atom stereocenters. The highest BCUT2D eigenvalue weighted by Crippen LogP contribution is 2.34. The summed E-state index contributed by atoms with van der Waals surface area (Å²) in [5, 5.41) is 1.02. The normalized spacial score (nSPS) is 23.0. The first-order valence-corrected chi connectivity index (χ1v) is 11.7. The molecular weight excluding hydrogens is 410 g/mol. The van der Waals surface area contributed by atoms with Gasteiger partial charge in [-0.1, -0.05) is 38.3 Å². The predicted molar refractivity (Wildman–Crippen MR) is 130 cm³/mol. The number of carbonyl (C=O) groups is 1. The van der Waals surface area contributed by atoms with Gasteiger partial charge in [0.15, 0.2) is 0 Å². The van der Waals surface area contributed by atoms with Crippen molar-refractivity contribution in [2.45, 2.75) is 71.5 Å². The molecule has 1 aliphatic carbocycles. The van der Waals surface area contributed by atoms with Gasteiger partial charge in [-0.15, -0.1) is 12.4 Å². The van der Waals surface area contributed by atoms with Crippen LogP contribution in [0.1, 0.15) is 63.2 Å². The van der Waals surface area contributed by atoms with Crippen molar-refractivity contribution >= 4 is 29.2 Å². The van der Waals surface area contributed by atoms with Crippen LogP contribution < -0.4 is 4.74 Å². The Labute approximate surface area is 193 Å². The summed E-state index contributed by atoms with van der Waals surface area (Å²) in [7, 11) is 1.72. The molecule has 2 fully saturated rings. The van der Waals surface area contributed by atoms with Crippen molar-refractivity contribution < 1.29 is 9.53 Å². The van der Waals surface area contributed by atoms with Crippen LogP contribution in [0, 0.1) is 5.92 Å². The summed E-state index contributed by atoms with van der Waals surface area (Å²) in [5.41, 5.74) is 1.89. The van der Waals surface area contributed by atoms with Gasteiger partial charge in [0.05, 0.1) is 18.2 Å². The van der Waals surface area contributed by atoms with Crippen LogP contribution >= 0.6 is 12.4 Å². The monoisotopic (exact) mass is 447 g/mol. The van der Waals surface area contributed by atoms with Gasteiger partial charge in [-0.3, -0.25) is 9.69 Å². The fraction of sp³-hybridized carbons (Fsp3) is 0.640. The molecule has 1 aliphatic heterocycles. The average Bonchev–Trinajstić information content (AvgIpc) is 3.12. The maximum atomic E-state index is 13.7. The van der Waals surface area contributed by atoms with Crippen molar-refractivity contribution in [3.8, 4) is 5.75 Å². The number of methoxy groups -OCH3 is 1. The summed E-state index contributed by atoms with van der Waals surface area (Å²) in [5.74, 6) is 1.71. The topological polar surface area (TPSA) is 37.7 Å². The van der Waals surface area contributed by atoms with Crippen LogP contribution in [0.5, 0.6) is 5.75 Å². The highest BCUT2D eigenvalue weighted by molar-refractivity contribution is 6.08. The second kappa shape index (κ2) is 10.3. The molecule has 1 amide bonds. The van der Waals surface area contributed by atoms with Crippen molar-refractivity contribution in [3.05, 3.63) is 30.0 Å². The molecule has 2 aliphatic rings. The average molecular weight is 448 g/mol. The lowest BCUT2D eigenvalue weighted by Gasteiger charge is -2.44. The molecule has 0 spiro atoms. The molecule has 6 heteroatoms. The lowest BCUT2D eigenvalue weighted by atomic mass is 9.89. The van der Waals surface area contributed by atoms with Gasteiger partial charge >= 0.3 is 0 Å². The number of nitrogens with zero attached hydrogens (tertiary/aromatic N) is 3. The lowest BCUT2D eigenvalue weighted by molar-refractivity contribution is 0.0331. The minimum atomic E-state index is 0. The summed E-state index contributed by atoms with van der Waals surface area (Å²) < 4.78 is 8.00. The van der Waals surface area contributed by atoms with Gasteiger partial charge in [-0.05, 0) is 45.2 Å². The van der Waals surface area contributed by atoms with E-state index in [2.05, 4.69) is 47.4 Å². The molecular formula is C25H38ClN3O2. The molecule has 1 saturated heterocycles. The number of aromatic nitrogens is 1. The maximum Gasteiger partial charge on any atom is 0.256 e. The van der Waals surface area contributed by atoms with Gasteiger partial charge in [-0.25, -0.2) is 0 Å². The van der Waals surface area contributed by atoms with Crippen molar-refractivity contribution in [3.63, 3.8) is 0 Å². The highest BCUT2D eigenvalue weighted by Gasteiger charge is 2.32. The number of ether oxygens (including phenoxy) is 1. The molecule has 1 aromatic heterocycles. The quantitative estimate of drug-likeness (QED) is 0.631. The van der Waals surface area contributed by atoms with Crippen LogP contribution in [0.25, 0.3) is 10.9 Å². The first-order valence-electron chi connectivity index (χ1n) is 11.7. The Morgan fingerprint density at radius 1 is 1.10 bits per heavy atom.